The van der Waals surface area contributed by atoms with Crippen LogP contribution in [0.1, 0.15) is 10.4 Å². The lowest BCUT2D eigenvalue weighted by atomic mass is 10.0. The Bertz CT molecular complexity index is 1610. The zero-order chi connectivity index (χ0) is 24.2. The van der Waals surface area contributed by atoms with Crippen molar-refractivity contribution in [1.82, 2.24) is 19.7 Å². The summed E-state index contributed by atoms with van der Waals surface area (Å²) in [4.78, 5) is 24.7. The Morgan fingerprint density at radius 3 is 2.51 bits per heavy atom. The largest absolute Gasteiger partial charge is 0.505 e. The normalized spacial score (nSPS) is 10.9. The second-order valence-electron chi connectivity index (χ2n) is 7.29. The third-order valence-electron chi connectivity index (χ3n) is 5.10. The molecule has 0 spiro atoms. The number of hydrogen-bond donors (Lipinski definition) is 2. The van der Waals surface area contributed by atoms with Crippen molar-refractivity contribution in [3.05, 3.63) is 102 Å². The number of amides is 1. The first-order valence-electron chi connectivity index (χ1n) is 10.4. The Balaban J connectivity index is 1.61. The van der Waals surface area contributed by atoms with Gasteiger partial charge in [0.15, 0.2) is 11.6 Å². The average molecular weight is 460 g/mol. The number of aromatic nitrogens is 4. The highest BCUT2D eigenvalue weighted by atomic mass is 16.3. The van der Waals surface area contributed by atoms with Gasteiger partial charge >= 0.3 is 0 Å². The molecule has 0 aliphatic carbocycles. The van der Waals surface area contributed by atoms with Gasteiger partial charge in [-0.25, -0.2) is 14.8 Å². The topological polar surface area (TPSA) is 122 Å². The van der Waals surface area contributed by atoms with Crippen LogP contribution >= 0.6 is 0 Å². The second kappa shape index (κ2) is 9.21. The molecule has 0 bridgehead atoms. The van der Waals surface area contributed by atoms with E-state index >= 15 is 0 Å². The van der Waals surface area contributed by atoms with Crippen LogP contribution in [0.25, 0.3) is 21.6 Å². The molecule has 10 heteroatoms. The molecular weight excluding hydrogens is 444 g/mol. The summed E-state index contributed by atoms with van der Waals surface area (Å²) in [5, 5.41) is 27.7. The monoisotopic (exact) mass is 460 g/mol. The van der Waals surface area contributed by atoms with Gasteiger partial charge in [0.2, 0.25) is 0 Å². The van der Waals surface area contributed by atoms with Gasteiger partial charge in [-0.1, -0.05) is 42.5 Å². The van der Waals surface area contributed by atoms with Crippen molar-refractivity contribution in [3.8, 4) is 11.7 Å². The molecule has 168 valence electrons. The zero-order valence-electron chi connectivity index (χ0n) is 18.1. The molecule has 5 rings (SSSR count). The summed E-state index contributed by atoms with van der Waals surface area (Å²) in [5.41, 5.74) is 0.829. The maximum atomic E-state index is 13.0. The lowest BCUT2D eigenvalue weighted by Gasteiger charge is -2.11. The van der Waals surface area contributed by atoms with Crippen molar-refractivity contribution in [3.63, 3.8) is 0 Å². The van der Waals surface area contributed by atoms with Crippen LogP contribution in [0.4, 0.5) is 22.9 Å². The van der Waals surface area contributed by atoms with E-state index in [1.165, 1.54) is 23.3 Å². The molecule has 1 amide bonds. The number of benzene rings is 3. The van der Waals surface area contributed by atoms with Gasteiger partial charge in [-0.15, -0.1) is 10.2 Å². The molecule has 0 aliphatic rings. The summed E-state index contributed by atoms with van der Waals surface area (Å²) in [7, 11) is 0. The molecule has 0 saturated carbocycles. The van der Waals surface area contributed by atoms with Crippen molar-refractivity contribution in [2.75, 3.05) is 5.32 Å². The number of nitrogens with zero attached hydrogens (tertiary/aromatic N) is 7. The average Bonchev–Trinajstić information content (AvgIpc) is 3.32. The summed E-state index contributed by atoms with van der Waals surface area (Å²) in [6.45, 7) is 7.44. The van der Waals surface area contributed by atoms with Crippen LogP contribution in [0.15, 0.2) is 95.5 Å². The van der Waals surface area contributed by atoms with E-state index in [1.807, 2.05) is 12.1 Å². The highest BCUT2D eigenvalue weighted by Crippen LogP contribution is 2.40. The maximum Gasteiger partial charge on any atom is 0.259 e. The SMILES string of the molecule is [C-]#[N+]c1cnn(-c2ncccn2)c1/N=N/c1c(O)c(C(=O)Nc2ccccc2)cc2ccccc12. The van der Waals surface area contributed by atoms with Crippen molar-refractivity contribution >= 4 is 39.6 Å². The summed E-state index contributed by atoms with van der Waals surface area (Å²) in [6, 6.07) is 19.3. The standard InChI is InChI=1S/C25H16N8O2/c1-26-20-15-29-33(25-27-12-7-13-28-25)23(20)32-31-21-18-11-6-5-8-16(18)14-19(22(21)34)24(35)30-17-9-3-2-4-10-17/h2-15,34H,(H,30,35)/b32-31+. The molecule has 2 heterocycles. The molecule has 0 unspecified atom stereocenters. The second-order valence-corrected chi connectivity index (χ2v) is 7.29. The van der Waals surface area contributed by atoms with Gasteiger partial charge in [-0.2, -0.15) is 9.78 Å². The predicted octanol–water partition coefficient (Wildman–Crippen LogP) is 5.74. The number of rotatable bonds is 5. The Labute approximate surface area is 199 Å². The van der Waals surface area contributed by atoms with Gasteiger partial charge in [0.1, 0.15) is 5.69 Å². The van der Waals surface area contributed by atoms with Crippen molar-refractivity contribution in [1.29, 1.82) is 0 Å². The van der Waals surface area contributed by atoms with E-state index in [0.29, 0.717) is 16.5 Å². The van der Waals surface area contributed by atoms with Crippen LogP contribution < -0.4 is 5.32 Å². The first kappa shape index (κ1) is 21.4. The number of aromatic hydroxyl groups is 1. The minimum Gasteiger partial charge on any atom is -0.505 e. The van der Waals surface area contributed by atoms with E-state index in [2.05, 4.69) is 35.5 Å². The van der Waals surface area contributed by atoms with E-state index in [-0.39, 0.29) is 34.5 Å². The molecule has 2 aromatic heterocycles. The van der Waals surface area contributed by atoms with Gasteiger partial charge in [-0.3, -0.25) is 4.79 Å². The third-order valence-corrected chi connectivity index (χ3v) is 5.10. The molecule has 35 heavy (non-hydrogen) atoms. The number of carbonyl (C=O) groups is 1. The van der Waals surface area contributed by atoms with E-state index in [9.17, 15) is 9.90 Å². The molecular formula is C25H16N8O2. The van der Waals surface area contributed by atoms with Crippen LogP contribution in [0.2, 0.25) is 0 Å². The fraction of sp³-hybridized carbons (Fsp3) is 0. The highest BCUT2D eigenvalue weighted by molar-refractivity contribution is 6.11. The lowest BCUT2D eigenvalue weighted by Crippen LogP contribution is -2.12. The molecule has 0 aliphatic heterocycles. The summed E-state index contributed by atoms with van der Waals surface area (Å²) in [5.74, 6) is -0.539. The molecule has 10 nitrogen and oxygen atoms in total. The quantitative estimate of drug-likeness (QED) is 0.256. The third kappa shape index (κ3) is 4.17. The number of azo groups is 1. The predicted molar refractivity (Wildman–Crippen MR) is 130 cm³/mol. The molecule has 0 fully saturated rings. The maximum absolute atomic E-state index is 13.0. The molecule has 2 N–H and O–H groups in total. The van der Waals surface area contributed by atoms with E-state index in [4.69, 9.17) is 6.57 Å². The van der Waals surface area contributed by atoms with Crippen LogP contribution in [0, 0.1) is 6.57 Å². The summed E-state index contributed by atoms with van der Waals surface area (Å²) < 4.78 is 1.28. The summed E-state index contributed by atoms with van der Waals surface area (Å²) >= 11 is 0. The number of para-hydroxylation sites is 1. The van der Waals surface area contributed by atoms with Crippen molar-refractivity contribution < 1.29 is 9.90 Å². The highest BCUT2D eigenvalue weighted by Gasteiger charge is 2.20. The molecule has 0 radical (unpaired) electrons. The molecule has 5 aromatic rings. The Morgan fingerprint density at radius 1 is 1.00 bits per heavy atom. The van der Waals surface area contributed by atoms with E-state index in [0.717, 1.165) is 0 Å². The van der Waals surface area contributed by atoms with Crippen LogP contribution in [-0.2, 0) is 0 Å². The van der Waals surface area contributed by atoms with Gasteiger partial charge in [0, 0.05) is 23.5 Å². The van der Waals surface area contributed by atoms with Crippen molar-refractivity contribution in [2.45, 2.75) is 0 Å². The number of nitrogens with one attached hydrogen (secondary N) is 1. The first-order valence-corrected chi connectivity index (χ1v) is 10.4. The summed E-state index contributed by atoms with van der Waals surface area (Å²) in [6.07, 6.45) is 4.41. The first-order chi connectivity index (χ1) is 17.2. The number of phenolic OH excluding ortho intramolecular Hbond substituents is 1. The lowest BCUT2D eigenvalue weighted by molar-refractivity contribution is 0.102. The Kier molecular flexibility index (Phi) is 5.63. The number of carbonyl (C=O) groups excluding carboxylic acids is 1. The van der Waals surface area contributed by atoms with Gasteiger partial charge in [0.05, 0.1) is 18.3 Å². The minimum absolute atomic E-state index is 0.0341. The molecule has 3 aromatic carbocycles. The Hall–Kier alpha value is -5.43. The molecule has 0 atom stereocenters. The van der Waals surface area contributed by atoms with Crippen molar-refractivity contribution in [2.24, 2.45) is 10.2 Å². The van der Waals surface area contributed by atoms with Gasteiger partial charge in [0.25, 0.3) is 17.5 Å². The minimum atomic E-state index is -0.500. The smallest absolute Gasteiger partial charge is 0.259 e. The fourth-order valence-electron chi connectivity index (χ4n) is 3.46. The Morgan fingerprint density at radius 2 is 1.74 bits per heavy atom. The zero-order valence-corrected chi connectivity index (χ0v) is 18.1. The van der Waals surface area contributed by atoms with Crippen LogP contribution in [0.3, 0.4) is 0 Å². The fourth-order valence-corrected chi connectivity index (χ4v) is 3.46. The molecule has 0 saturated heterocycles. The number of fused-ring (bicyclic) bond motifs is 1. The number of phenols is 1. The van der Waals surface area contributed by atoms with Gasteiger partial charge in [-0.05, 0) is 29.7 Å². The van der Waals surface area contributed by atoms with E-state index < -0.39 is 5.91 Å². The number of hydrogen-bond acceptors (Lipinski definition) is 7. The number of anilines is 1. The van der Waals surface area contributed by atoms with Gasteiger partial charge < -0.3 is 10.4 Å². The van der Waals surface area contributed by atoms with E-state index in [1.54, 1.807) is 54.6 Å². The van der Waals surface area contributed by atoms with Crippen LogP contribution in [0.5, 0.6) is 5.75 Å². The van der Waals surface area contributed by atoms with Crippen LogP contribution in [-0.4, -0.2) is 30.8 Å².